The maximum atomic E-state index is 6.12. The second kappa shape index (κ2) is 4.38. The van der Waals surface area contributed by atoms with E-state index in [1.165, 1.54) is 0 Å². The number of halogens is 1. The van der Waals surface area contributed by atoms with Crippen molar-refractivity contribution in [3.63, 3.8) is 0 Å². The van der Waals surface area contributed by atoms with Gasteiger partial charge in [0.05, 0.1) is 11.4 Å². The molecule has 0 aliphatic heterocycles. The Morgan fingerprint density at radius 2 is 1.86 bits per heavy atom. The molecule has 0 bridgehead atoms. The van der Waals surface area contributed by atoms with Crippen LogP contribution in [0.1, 0.15) is 13.8 Å². The van der Waals surface area contributed by atoms with Gasteiger partial charge in [0, 0.05) is 7.05 Å². The van der Waals surface area contributed by atoms with Gasteiger partial charge in [-0.3, -0.25) is 0 Å². The molecule has 0 aliphatic rings. The van der Waals surface area contributed by atoms with Crippen molar-refractivity contribution >= 4 is 23.0 Å². The zero-order chi connectivity index (χ0) is 10.7. The zero-order valence-electron chi connectivity index (χ0n) is 8.71. The Balaban J connectivity index is 3.07. The lowest BCUT2D eigenvalue weighted by atomic mass is 10.2. The average molecular weight is 211 g/mol. The van der Waals surface area contributed by atoms with Crippen molar-refractivity contribution < 1.29 is 0 Å². The SMILES string of the molecule is CC(C)=C(Cl)N(C)c1ccccc1N. The summed E-state index contributed by atoms with van der Waals surface area (Å²) >= 11 is 6.12. The Hall–Kier alpha value is -1.15. The molecule has 2 nitrogen and oxygen atoms in total. The highest BCUT2D eigenvalue weighted by Crippen LogP contribution is 2.27. The molecule has 0 saturated heterocycles. The number of benzene rings is 1. The molecule has 76 valence electrons. The van der Waals surface area contributed by atoms with Crippen LogP contribution in [0.3, 0.4) is 0 Å². The van der Waals surface area contributed by atoms with Gasteiger partial charge in [-0.2, -0.15) is 0 Å². The molecular formula is C11H15ClN2. The molecule has 14 heavy (non-hydrogen) atoms. The van der Waals surface area contributed by atoms with Crippen LogP contribution < -0.4 is 10.6 Å². The highest BCUT2D eigenvalue weighted by molar-refractivity contribution is 6.31. The van der Waals surface area contributed by atoms with E-state index < -0.39 is 0 Å². The number of para-hydroxylation sites is 2. The first kappa shape index (κ1) is 10.9. The van der Waals surface area contributed by atoms with E-state index in [1.807, 2.05) is 50.1 Å². The summed E-state index contributed by atoms with van der Waals surface area (Å²) in [7, 11) is 1.90. The molecule has 1 aromatic carbocycles. The van der Waals surface area contributed by atoms with Crippen molar-refractivity contribution in [1.29, 1.82) is 0 Å². The van der Waals surface area contributed by atoms with Crippen molar-refractivity contribution in [3.8, 4) is 0 Å². The molecule has 0 aliphatic carbocycles. The second-order valence-electron chi connectivity index (χ2n) is 3.41. The van der Waals surface area contributed by atoms with E-state index in [-0.39, 0.29) is 0 Å². The largest absolute Gasteiger partial charge is 0.397 e. The van der Waals surface area contributed by atoms with E-state index in [0.29, 0.717) is 5.16 Å². The van der Waals surface area contributed by atoms with Crippen molar-refractivity contribution in [2.24, 2.45) is 0 Å². The summed E-state index contributed by atoms with van der Waals surface area (Å²) in [6, 6.07) is 7.65. The predicted molar refractivity (Wildman–Crippen MR) is 63.5 cm³/mol. The van der Waals surface area contributed by atoms with Gasteiger partial charge in [0.1, 0.15) is 5.16 Å². The number of nitrogens with two attached hydrogens (primary N) is 1. The van der Waals surface area contributed by atoms with E-state index in [9.17, 15) is 0 Å². The molecule has 0 unspecified atom stereocenters. The highest BCUT2D eigenvalue weighted by atomic mass is 35.5. The summed E-state index contributed by atoms with van der Waals surface area (Å²) in [5, 5.41) is 0.711. The zero-order valence-corrected chi connectivity index (χ0v) is 9.47. The molecule has 0 aromatic heterocycles. The van der Waals surface area contributed by atoms with Crippen LogP contribution in [0.4, 0.5) is 11.4 Å². The third-order valence-corrected chi connectivity index (χ3v) is 2.64. The van der Waals surface area contributed by atoms with Crippen LogP contribution in [0.25, 0.3) is 0 Å². The number of nitrogens with zero attached hydrogens (tertiary/aromatic N) is 1. The van der Waals surface area contributed by atoms with Crippen LogP contribution in [0.2, 0.25) is 0 Å². The van der Waals surface area contributed by atoms with E-state index >= 15 is 0 Å². The molecule has 1 aromatic rings. The first-order valence-corrected chi connectivity index (χ1v) is 4.83. The van der Waals surface area contributed by atoms with Crippen LogP contribution in [0, 0.1) is 0 Å². The number of rotatable bonds is 2. The summed E-state index contributed by atoms with van der Waals surface area (Å²) in [6.07, 6.45) is 0. The van der Waals surface area contributed by atoms with Gasteiger partial charge in [-0.1, -0.05) is 23.7 Å². The van der Waals surface area contributed by atoms with Crippen molar-refractivity contribution in [2.45, 2.75) is 13.8 Å². The number of hydrogen-bond donors (Lipinski definition) is 1. The summed E-state index contributed by atoms with van der Waals surface area (Å²) in [6.45, 7) is 3.94. The lowest BCUT2D eigenvalue weighted by Crippen LogP contribution is -2.15. The molecule has 0 atom stereocenters. The quantitative estimate of drug-likeness (QED) is 0.600. The van der Waals surface area contributed by atoms with E-state index in [4.69, 9.17) is 17.3 Å². The van der Waals surface area contributed by atoms with Crippen molar-refractivity contribution in [1.82, 2.24) is 0 Å². The van der Waals surface area contributed by atoms with Gasteiger partial charge in [0.2, 0.25) is 0 Å². The van der Waals surface area contributed by atoms with Gasteiger partial charge in [-0.15, -0.1) is 0 Å². The van der Waals surface area contributed by atoms with E-state index in [0.717, 1.165) is 16.9 Å². The lowest BCUT2D eigenvalue weighted by Gasteiger charge is -2.21. The fraction of sp³-hybridized carbons (Fsp3) is 0.273. The molecule has 0 spiro atoms. The van der Waals surface area contributed by atoms with Gasteiger partial charge in [0.15, 0.2) is 0 Å². The molecule has 0 amide bonds. The predicted octanol–water partition coefficient (Wildman–Crippen LogP) is 3.20. The van der Waals surface area contributed by atoms with Crippen LogP contribution in [0.5, 0.6) is 0 Å². The van der Waals surface area contributed by atoms with Gasteiger partial charge in [-0.05, 0) is 31.6 Å². The Morgan fingerprint density at radius 1 is 1.29 bits per heavy atom. The molecule has 0 fully saturated rings. The number of anilines is 2. The first-order valence-electron chi connectivity index (χ1n) is 4.45. The standard InChI is InChI=1S/C11H15ClN2/c1-8(2)11(12)14(3)10-7-5-4-6-9(10)13/h4-7H,13H2,1-3H3. The number of hydrogen-bond acceptors (Lipinski definition) is 2. The van der Waals surface area contributed by atoms with Crippen LogP contribution in [-0.2, 0) is 0 Å². The van der Waals surface area contributed by atoms with Crippen LogP contribution in [0.15, 0.2) is 35.0 Å². The normalized spacial score (nSPS) is 9.71. The topological polar surface area (TPSA) is 29.3 Å². The molecule has 2 N–H and O–H groups in total. The first-order chi connectivity index (χ1) is 6.54. The summed E-state index contributed by atoms with van der Waals surface area (Å²) in [5.41, 5.74) is 8.56. The summed E-state index contributed by atoms with van der Waals surface area (Å²) in [4.78, 5) is 1.88. The molecule has 3 heteroatoms. The Morgan fingerprint density at radius 3 is 2.36 bits per heavy atom. The highest BCUT2D eigenvalue weighted by Gasteiger charge is 2.08. The summed E-state index contributed by atoms with van der Waals surface area (Å²) < 4.78 is 0. The second-order valence-corrected chi connectivity index (χ2v) is 3.77. The Labute approximate surface area is 90.0 Å². The number of nitrogen functional groups attached to an aromatic ring is 1. The third kappa shape index (κ3) is 2.20. The monoisotopic (exact) mass is 210 g/mol. The van der Waals surface area contributed by atoms with Gasteiger partial charge < -0.3 is 10.6 Å². The van der Waals surface area contributed by atoms with Gasteiger partial charge in [0.25, 0.3) is 0 Å². The minimum Gasteiger partial charge on any atom is -0.397 e. The van der Waals surface area contributed by atoms with Crippen molar-refractivity contribution in [3.05, 3.63) is 35.0 Å². The lowest BCUT2D eigenvalue weighted by molar-refractivity contribution is 1.14. The Kier molecular flexibility index (Phi) is 3.42. The maximum Gasteiger partial charge on any atom is 0.107 e. The van der Waals surface area contributed by atoms with Crippen molar-refractivity contribution in [2.75, 3.05) is 17.7 Å². The molecule has 0 radical (unpaired) electrons. The minimum atomic E-state index is 0.711. The molecule has 1 rings (SSSR count). The summed E-state index contributed by atoms with van der Waals surface area (Å²) in [5.74, 6) is 0. The van der Waals surface area contributed by atoms with E-state index in [1.54, 1.807) is 0 Å². The fourth-order valence-corrected chi connectivity index (χ4v) is 1.33. The molecule has 0 heterocycles. The van der Waals surface area contributed by atoms with E-state index in [2.05, 4.69) is 0 Å². The average Bonchev–Trinajstić information content (AvgIpc) is 2.16. The maximum absolute atomic E-state index is 6.12. The van der Waals surface area contributed by atoms with Crippen LogP contribution in [-0.4, -0.2) is 7.05 Å². The molecule has 0 saturated carbocycles. The molecular weight excluding hydrogens is 196 g/mol. The Bertz CT molecular complexity index is 354. The van der Waals surface area contributed by atoms with Crippen LogP contribution >= 0.6 is 11.6 Å². The fourth-order valence-electron chi connectivity index (χ4n) is 1.23. The smallest absolute Gasteiger partial charge is 0.107 e. The van der Waals surface area contributed by atoms with Gasteiger partial charge >= 0.3 is 0 Å². The number of allylic oxidation sites excluding steroid dienone is 1. The minimum absolute atomic E-state index is 0.711. The third-order valence-electron chi connectivity index (χ3n) is 2.01. The van der Waals surface area contributed by atoms with Gasteiger partial charge in [-0.25, -0.2) is 0 Å².